The molecule has 0 saturated carbocycles. The first-order valence-electron chi connectivity index (χ1n) is 5.00. The van der Waals surface area contributed by atoms with E-state index in [0.717, 1.165) is 0 Å². The number of hydrogen-bond acceptors (Lipinski definition) is 2. The normalized spacial score (nSPS) is 11.5. The van der Waals surface area contributed by atoms with Crippen molar-refractivity contribution in [3.8, 4) is 0 Å². The van der Waals surface area contributed by atoms with Gasteiger partial charge in [0.05, 0.1) is 6.54 Å². The molecule has 0 unspecified atom stereocenters. The van der Waals surface area contributed by atoms with Crippen LogP contribution in [-0.2, 0) is 4.79 Å². The van der Waals surface area contributed by atoms with Crippen LogP contribution in [0.1, 0.15) is 26.2 Å². The lowest BCUT2D eigenvalue weighted by Crippen LogP contribution is -2.34. The van der Waals surface area contributed by atoms with Crippen LogP contribution in [-0.4, -0.2) is 31.7 Å². The third-order valence-corrected chi connectivity index (χ3v) is 1.72. The molecule has 0 radical (unpaired) electrons. The molecule has 0 aromatic carbocycles. The predicted octanol–water partition coefficient (Wildman–Crippen LogP) is 1.44. The minimum atomic E-state index is -4.07. The van der Waals surface area contributed by atoms with Crippen LogP contribution >= 0.6 is 0 Å². The van der Waals surface area contributed by atoms with Gasteiger partial charge in [0, 0.05) is 13.0 Å². The fourth-order valence-electron chi connectivity index (χ4n) is 1.04. The number of amides is 1. The predicted molar refractivity (Wildman–Crippen MR) is 51.5 cm³/mol. The van der Waals surface area contributed by atoms with Gasteiger partial charge in [-0.15, -0.1) is 0 Å². The van der Waals surface area contributed by atoms with Crippen LogP contribution < -0.4 is 10.6 Å². The second-order valence-electron chi connectivity index (χ2n) is 3.20. The summed E-state index contributed by atoms with van der Waals surface area (Å²) in [4.78, 5) is 10.9. The van der Waals surface area contributed by atoms with E-state index >= 15 is 0 Å². The number of alkyl halides is 3. The Morgan fingerprint density at radius 3 is 2.47 bits per heavy atom. The van der Waals surface area contributed by atoms with Gasteiger partial charge in [0.15, 0.2) is 0 Å². The van der Waals surface area contributed by atoms with Crippen LogP contribution in [0.2, 0.25) is 0 Å². The Balaban J connectivity index is 3.22. The summed E-state index contributed by atoms with van der Waals surface area (Å²) in [6.07, 6.45) is -4.29. The van der Waals surface area contributed by atoms with Crippen LogP contribution in [0.5, 0.6) is 0 Å². The highest BCUT2D eigenvalue weighted by atomic mass is 19.4. The number of likely N-dealkylation sites (N-methyl/N-ethyl adjacent to an activating group) is 1. The lowest BCUT2D eigenvalue weighted by molar-refractivity contribution is -0.135. The minimum Gasteiger partial charge on any atom is -0.355 e. The summed E-state index contributed by atoms with van der Waals surface area (Å²) in [5.41, 5.74) is 0. The molecule has 0 aliphatic carbocycles. The molecule has 0 aliphatic heterocycles. The fraction of sp³-hybridized carbons (Fsp3) is 0.889. The molecular weight excluding hydrogens is 209 g/mol. The molecule has 3 nitrogen and oxygen atoms in total. The Morgan fingerprint density at radius 1 is 1.27 bits per heavy atom. The van der Waals surface area contributed by atoms with Crippen molar-refractivity contribution in [2.75, 3.05) is 19.6 Å². The molecule has 0 aromatic heterocycles. The van der Waals surface area contributed by atoms with Gasteiger partial charge in [0.2, 0.25) is 5.91 Å². The van der Waals surface area contributed by atoms with Crippen molar-refractivity contribution in [2.45, 2.75) is 32.4 Å². The van der Waals surface area contributed by atoms with Gasteiger partial charge in [-0.3, -0.25) is 4.79 Å². The maximum atomic E-state index is 11.7. The number of halogens is 3. The molecule has 0 heterocycles. The second-order valence-corrected chi connectivity index (χ2v) is 3.20. The molecule has 0 bridgehead atoms. The van der Waals surface area contributed by atoms with E-state index in [0.29, 0.717) is 19.5 Å². The smallest absolute Gasteiger partial charge is 0.355 e. The molecule has 90 valence electrons. The quantitative estimate of drug-likeness (QED) is 0.645. The van der Waals surface area contributed by atoms with Crippen LogP contribution in [0.3, 0.4) is 0 Å². The maximum Gasteiger partial charge on any atom is 0.389 e. The van der Waals surface area contributed by atoms with E-state index in [4.69, 9.17) is 0 Å². The lowest BCUT2D eigenvalue weighted by atomic mass is 10.2. The first-order chi connectivity index (χ1) is 6.95. The summed E-state index contributed by atoms with van der Waals surface area (Å²) in [7, 11) is 0. The summed E-state index contributed by atoms with van der Waals surface area (Å²) in [6, 6.07) is 0. The van der Waals surface area contributed by atoms with Crippen molar-refractivity contribution < 1.29 is 18.0 Å². The summed E-state index contributed by atoms with van der Waals surface area (Å²) in [5, 5.41) is 5.36. The van der Waals surface area contributed by atoms with E-state index in [1.807, 2.05) is 0 Å². The van der Waals surface area contributed by atoms with E-state index < -0.39 is 12.6 Å². The zero-order valence-corrected chi connectivity index (χ0v) is 8.78. The largest absolute Gasteiger partial charge is 0.389 e. The van der Waals surface area contributed by atoms with Crippen molar-refractivity contribution in [1.29, 1.82) is 0 Å². The zero-order chi connectivity index (χ0) is 11.7. The average Bonchev–Trinajstić information content (AvgIpc) is 2.09. The number of carbonyl (C=O) groups excluding carboxylic acids is 1. The standard InChI is InChI=1S/C9H17F3N2O/c1-2-14-8(15)7-13-6-4-3-5-9(10,11)12/h13H,2-7H2,1H3,(H,14,15). The van der Waals surface area contributed by atoms with E-state index in [-0.39, 0.29) is 18.9 Å². The molecule has 2 N–H and O–H groups in total. The first-order valence-corrected chi connectivity index (χ1v) is 5.00. The van der Waals surface area contributed by atoms with Crippen molar-refractivity contribution in [3.63, 3.8) is 0 Å². The van der Waals surface area contributed by atoms with Gasteiger partial charge in [0.1, 0.15) is 0 Å². The molecule has 0 rings (SSSR count). The Morgan fingerprint density at radius 2 is 1.93 bits per heavy atom. The molecule has 0 saturated heterocycles. The summed E-state index contributed by atoms with van der Waals surface area (Å²) >= 11 is 0. The van der Waals surface area contributed by atoms with Crippen molar-refractivity contribution >= 4 is 5.91 Å². The van der Waals surface area contributed by atoms with E-state index in [9.17, 15) is 18.0 Å². The zero-order valence-electron chi connectivity index (χ0n) is 8.78. The summed E-state index contributed by atoms with van der Waals surface area (Å²) in [5.74, 6) is -0.131. The molecule has 15 heavy (non-hydrogen) atoms. The molecule has 6 heteroatoms. The third-order valence-electron chi connectivity index (χ3n) is 1.72. The Labute approximate surface area is 87.4 Å². The lowest BCUT2D eigenvalue weighted by Gasteiger charge is -2.06. The highest BCUT2D eigenvalue weighted by Gasteiger charge is 2.25. The summed E-state index contributed by atoms with van der Waals surface area (Å²) < 4.78 is 35.1. The average molecular weight is 226 g/mol. The monoisotopic (exact) mass is 226 g/mol. The number of rotatable bonds is 7. The highest BCUT2D eigenvalue weighted by molar-refractivity contribution is 5.77. The minimum absolute atomic E-state index is 0.103. The van der Waals surface area contributed by atoms with Gasteiger partial charge in [-0.05, 0) is 26.3 Å². The van der Waals surface area contributed by atoms with Crippen LogP contribution in [0.25, 0.3) is 0 Å². The Bertz CT molecular complexity index is 183. The molecule has 0 fully saturated rings. The van der Waals surface area contributed by atoms with Crippen molar-refractivity contribution in [1.82, 2.24) is 10.6 Å². The van der Waals surface area contributed by atoms with E-state index in [1.165, 1.54) is 0 Å². The van der Waals surface area contributed by atoms with Gasteiger partial charge >= 0.3 is 6.18 Å². The SMILES string of the molecule is CCNC(=O)CNCCCCC(F)(F)F. The van der Waals surface area contributed by atoms with E-state index in [1.54, 1.807) is 6.92 Å². The van der Waals surface area contributed by atoms with E-state index in [2.05, 4.69) is 10.6 Å². The van der Waals surface area contributed by atoms with Crippen LogP contribution in [0.4, 0.5) is 13.2 Å². The molecule has 0 aliphatic rings. The van der Waals surface area contributed by atoms with Gasteiger partial charge < -0.3 is 10.6 Å². The number of carbonyl (C=O) groups is 1. The summed E-state index contributed by atoms with van der Waals surface area (Å²) in [6.45, 7) is 2.98. The highest BCUT2D eigenvalue weighted by Crippen LogP contribution is 2.21. The van der Waals surface area contributed by atoms with Gasteiger partial charge in [-0.2, -0.15) is 13.2 Å². The second kappa shape index (κ2) is 7.50. The topological polar surface area (TPSA) is 41.1 Å². The van der Waals surface area contributed by atoms with Gasteiger partial charge in [0.25, 0.3) is 0 Å². The Hall–Kier alpha value is -0.780. The van der Waals surface area contributed by atoms with Crippen molar-refractivity contribution in [3.05, 3.63) is 0 Å². The fourth-order valence-corrected chi connectivity index (χ4v) is 1.04. The Kier molecular flexibility index (Phi) is 7.11. The van der Waals surface area contributed by atoms with Crippen molar-refractivity contribution in [2.24, 2.45) is 0 Å². The van der Waals surface area contributed by atoms with Crippen LogP contribution in [0, 0.1) is 0 Å². The molecule has 1 amide bonds. The van der Waals surface area contributed by atoms with Gasteiger partial charge in [-0.1, -0.05) is 0 Å². The number of nitrogens with one attached hydrogen (secondary N) is 2. The number of unbranched alkanes of at least 4 members (excludes halogenated alkanes) is 1. The third kappa shape index (κ3) is 11.1. The molecule has 0 atom stereocenters. The van der Waals surface area contributed by atoms with Gasteiger partial charge in [-0.25, -0.2) is 0 Å². The molecule has 0 spiro atoms. The number of hydrogen-bond donors (Lipinski definition) is 2. The maximum absolute atomic E-state index is 11.7. The van der Waals surface area contributed by atoms with Crippen LogP contribution in [0.15, 0.2) is 0 Å². The first kappa shape index (κ1) is 14.2. The molecular formula is C9H17F3N2O. The molecule has 0 aromatic rings.